The van der Waals surface area contributed by atoms with E-state index < -0.39 is 0 Å². The van der Waals surface area contributed by atoms with Gasteiger partial charge in [0.1, 0.15) is 0 Å². The third-order valence-electron chi connectivity index (χ3n) is 5.39. The summed E-state index contributed by atoms with van der Waals surface area (Å²) in [5, 5.41) is 10.7. The highest BCUT2D eigenvalue weighted by atomic mass is 32.2. The van der Waals surface area contributed by atoms with Crippen molar-refractivity contribution in [2.24, 2.45) is 5.92 Å². The number of aliphatic hydroxyl groups excluding tert-OH is 1. The quantitative estimate of drug-likeness (QED) is 0.842. The van der Waals surface area contributed by atoms with Gasteiger partial charge in [0.15, 0.2) is 0 Å². The molecule has 1 aliphatic heterocycles. The highest BCUT2D eigenvalue weighted by molar-refractivity contribution is 8.00. The van der Waals surface area contributed by atoms with Crippen LogP contribution in [0.3, 0.4) is 0 Å². The van der Waals surface area contributed by atoms with Crippen molar-refractivity contribution in [1.82, 2.24) is 0 Å². The molecule has 1 spiro atoms. The zero-order chi connectivity index (χ0) is 11.9. The van der Waals surface area contributed by atoms with Crippen molar-refractivity contribution in [3.05, 3.63) is 0 Å². The lowest BCUT2D eigenvalue weighted by Gasteiger charge is -2.52. The van der Waals surface area contributed by atoms with E-state index in [9.17, 15) is 5.11 Å². The summed E-state index contributed by atoms with van der Waals surface area (Å²) in [5.74, 6) is 0.483. The first-order chi connectivity index (χ1) is 8.20. The van der Waals surface area contributed by atoms with E-state index in [1.165, 1.54) is 38.5 Å². The van der Waals surface area contributed by atoms with Crippen molar-refractivity contribution in [3.63, 3.8) is 0 Å². The Morgan fingerprint density at radius 3 is 2.41 bits per heavy atom. The number of hydrogen-bond donors (Lipinski definition) is 1. The van der Waals surface area contributed by atoms with Crippen molar-refractivity contribution in [1.29, 1.82) is 0 Å². The predicted octanol–water partition coefficient (Wildman–Crippen LogP) is 2.98. The molecule has 0 bridgehead atoms. The summed E-state index contributed by atoms with van der Waals surface area (Å²) in [6.45, 7) is 0.867. The second-order valence-corrected chi connectivity index (χ2v) is 7.43. The first-order valence-electron chi connectivity index (χ1n) is 7.07. The molecular weight excluding hydrogens is 232 g/mol. The zero-order valence-corrected chi connectivity index (χ0v) is 11.6. The van der Waals surface area contributed by atoms with E-state index in [-0.39, 0.29) is 16.5 Å². The second kappa shape index (κ2) is 4.43. The van der Waals surface area contributed by atoms with E-state index in [1.807, 2.05) is 11.8 Å². The smallest absolute Gasteiger partial charge is 0.0716 e. The summed E-state index contributed by atoms with van der Waals surface area (Å²) in [6.07, 6.45) is 11.7. The Morgan fingerprint density at radius 2 is 1.94 bits per heavy atom. The molecule has 1 heterocycles. The monoisotopic (exact) mass is 256 g/mol. The summed E-state index contributed by atoms with van der Waals surface area (Å²) >= 11 is 1.90. The van der Waals surface area contributed by atoms with Crippen LogP contribution in [0.15, 0.2) is 0 Å². The van der Waals surface area contributed by atoms with Gasteiger partial charge in [0.05, 0.1) is 11.7 Å². The minimum atomic E-state index is -0.104. The lowest BCUT2D eigenvalue weighted by Crippen LogP contribution is -2.54. The van der Waals surface area contributed by atoms with Gasteiger partial charge in [-0.1, -0.05) is 6.42 Å². The molecule has 2 saturated carbocycles. The maximum Gasteiger partial charge on any atom is 0.0716 e. The van der Waals surface area contributed by atoms with Crippen molar-refractivity contribution in [2.75, 3.05) is 12.9 Å². The van der Waals surface area contributed by atoms with Crippen LogP contribution in [0.4, 0.5) is 0 Å². The molecule has 0 amide bonds. The van der Waals surface area contributed by atoms with Gasteiger partial charge in [-0.2, -0.15) is 11.8 Å². The summed E-state index contributed by atoms with van der Waals surface area (Å²) in [6, 6.07) is 0. The fourth-order valence-corrected chi connectivity index (χ4v) is 4.96. The van der Waals surface area contributed by atoms with E-state index in [4.69, 9.17) is 4.74 Å². The molecule has 17 heavy (non-hydrogen) atoms. The topological polar surface area (TPSA) is 29.5 Å². The van der Waals surface area contributed by atoms with E-state index in [0.717, 1.165) is 19.4 Å². The van der Waals surface area contributed by atoms with Gasteiger partial charge >= 0.3 is 0 Å². The molecular formula is C14H24O2S. The van der Waals surface area contributed by atoms with Crippen molar-refractivity contribution < 1.29 is 9.84 Å². The van der Waals surface area contributed by atoms with Crippen LogP contribution in [0.1, 0.15) is 51.4 Å². The van der Waals surface area contributed by atoms with Crippen LogP contribution in [-0.2, 0) is 4.74 Å². The molecule has 0 aromatic carbocycles. The highest BCUT2D eigenvalue weighted by Gasteiger charge is 2.50. The molecule has 0 radical (unpaired) electrons. The lowest BCUT2D eigenvalue weighted by molar-refractivity contribution is -0.161. The molecule has 3 aliphatic rings. The largest absolute Gasteiger partial charge is 0.391 e. The summed E-state index contributed by atoms with van der Waals surface area (Å²) < 4.78 is 6.15. The number of aliphatic hydroxyl groups is 1. The van der Waals surface area contributed by atoms with Crippen molar-refractivity contribution in [3.8, 4) is 0 Å². The fourth-order valence-electron chi connectivity index (χ4n) is 3.83. The zero-order valence-electron chi connectivity index (χ0n) is 10.8. The standard InChI is InChI=1S/C14H24O2S/c1-17-14(7-3-8-14)12(15)11-4-9-16-13(10-11)5-2-6-13/h11-12,15H,2-10H2,1H3. The highest BCUT2D eigenvalue weighted by Crippen LogP contribution is 2.52. The number of rotatable bonds is 3. The molecule has 1 N–H and O–H groups in total. The van der Waals surface area contributed by atoms with Crippen LogP contribution in [-0.4, -0.2) is 34.4 Å². The Morgan fingerprint density at radius 1 is 1.24 bits per heavy atom. The first kappa shape index (κ1) is 12.3. The minimum Gasteiger partial charge on any atom is -0.391 e. The maximum atomic E-state index is 10.7. The number of ether oxygens (including phenoxy) is 1. The molecule has 98 valence electrons. The maximum absolute atomic E-state index is 10.7. The van der Waals surface area contributed by atoms with Crippen LogP contribution in [0.25, 0.3) is 0 Å². The molecule has 2 aliphatic carbocycles. The molecule has 0 aromatic rings. The van der Waals surface area contributed by atoms with Gasteiger partial charge < -0.3 is 9.84 Å². The second-order valence-electron chi connectivity index (χ2n) is 6.21. The third-order valence-corrected chi connectivity index (χ3v) is 6.85. The Labute approximate surface area is 108 Å². The van der Waals surface area contributed by atoms with Crippen LogP contribution >= 0.6 is 11.8 Å². The van der Waals surface area contributed by atoms with Gasteiger partial charge in [0.2, 0.25) is 0 Å². The first-order valence-corrected chi connectivity index (χ1v) is 8.29. The Kier molecular flexibility index (Phi) is 3.21. The molecule has 2 nitrogen and oxygen atoms in total. The predicted molar refractivity (Wildman–Crippen MR) is 71.4 cm³/mol. The molecule has 3 fully saturated rings. The van der Waals surface area contributed by atoms with Crippen LogP contribution < -0.4 is 0 Å². The molecule has 2 unspecified atom stereocenters. The van der Waals surface area contributed by atoms with Gasteiger partial charge in [0.25, 0.3) is 0 Å². The van der Waals surface area contributed by atoms with E-state index >= 15 is 0 Å². The van der Waals surface area contributed by atoms with Crippen LogP contribution in [0, 0.1) is 5.92 Å². The average Bonchev–Trinajstić information content (AvgIpc) is 2.26. The van der Waals surface area contributed by atoms with Crippen LogP contribution in [0.2, 0.25) is 0 Å². The fraction of sp³-hybridized carbons (Fsp3) is 1.00. The van der Waals surface area contributed by atoms with Gasteiger partial charge in [-0.25, -0.2) is 0 Å². The SMILES string of the molecule is CSC1(C(O)C2CCOC3(CCC3)C2)CCC1. The lowest BCUT2D eigenvalue weighted by atomic mass is 9.67. The van der Waals surface area contributed by atoms with Gasteiger partial charge in [-0.05, 0) is 57.1 Å². The average molecular weight is 256 g/mol. The molecule has 2 atom stereocenters. The van der Waals surface area contributed by atoms with Crippen molar-refractivity contribution >= 4 is 11.8 Å². The Hall–Kier alpha value is 0.270. The number of thioether (sulfide) groups is 1. The summed E-state index contributed by atoms with van der Waals surface area (Å²) in [5.41, 5.74) is 0.174. The molecule has 0 aromatic heterocycles. The van der Waals surface area contributed by atoms with Gasteiger partial charge in [-0.3, -0.25) is 0 Å². The number of hydrogen-bond acceptors (Lipinski definition) is 3. The normalized spacial score (nSPS) is 36.0. The summed E-state index contributed by atoms with van der Waals surface area (Å²) in [7, 11) is 0. The Bertz CT molecular complexity index is 278. The van der Waals surface area contributed by atoms with Gasteiger partial charge in [-0.15, -0.1) is 0 Å². The van der Waals surface area contributed by atoms with Gasteiger partial charge in [0, 0.05) is 11.4 Å². The molecule has 3 heteroatoms. The molecule has 3 rings (SSSR count). The third kappa shape index (κ3) is 1.95. The molecule has 1 saturated heterocycles. The van der Waals surface area contributed by atoms with E-state index in [0.29, 0.717) is 5.92 Å². The summed E-state index contributed by atoms with van der Waals surface area (Å²) in [4.78, 5) is 0. The van der Waals surface area contributed by atoms with E-state index in [2.05, 4.69) is 6.26 Å². The Balaban J connectivity index is 1.66. The minimum absolute atomic E-state index is 0.104. The van der Waals surface area contributed by atoms with E-state index in [1.54, 1.807) is 0 Å². The van der Waals surface area contributed by atoms with Crippen LogP contribution in [0.5, 0.6) is 0 Å². The van der Waals surface area contributed by atoms with Crippen molar-refractivity contribution in [2.45, 2.75) is 67.8 Å².